The van der Waals surface area contributed by atoms with Crippen LogP contribution in [0.15, 0.2) is 0 Å². The van der Waals surface area contributed by atoms with Crippen molar-refractivity contribution in [2.45, 2.75) is 58.5 Å². The van der Waals surface area contributed by atoms with E-state index < -0.39 is 5.97 Å². The fourth-order valence-electron chi connectivity index (χ4n) is 1.53. The molecule has 0 rings (SSSR count). The third kappa shape index (κ3) is 6.94. The quantitative estimate of drug-likeness (QED) is 0.735. The zero-order chi connectivity index (χ0) is 13.6. The van der Waals surface area contributed by atoms with E-state index in [1.807, 2.05) is 27.7 Å². The molecule has 0 aromatic carbocycles. The first-order chi connectivity index (χ1) is 7.64. The second-order valence-electron chi connectivity index (χ2n) is 5.38. The molecule has 0 aliphatic heterocycles. The number of amides is 1. The minimum Gasteiger partial charge on any atom is -0.481 e. The molecular weight excluding hydrogens is 220 g/mol. The van der Waals surface area contributed by atoms with Gasteiger partial charge < -0.3 is 15.7 Å². The van der Waals surface area contributed by atoms with E-state index in [9.17, 15) is 9.59 Å². The number of hydrogen-bond donors (Lipinski definition) is 2. The van der Waals surface area contributed by atoms with Crippen molar-refractivity contribution in [3.8, 4) is 0 Å². The molecule has 17 heavy (non-hydrogen) atoms. The van der Waals surface area contributed by atoms with Crippen molar-refractivity contribution in [3.05, 3.63) is 0 Å². The molecule has 0 aromatic rings. The van der Waals surface area contributed by atoms with Crippen LogP contribution < -0.4 is 5.73 Å². The predicted molar refractivity (Wildman–Crippen MR) is 66.6 cm³/mol. The molecule has 0 radical (unpaired) electrons. The molecule has 0 heterocycles. The van der Waals surface area contributed by atoms with Crippen molar-refractivity contribution in [3.63, 3.8) is 0 Å². The van der Waals surface area contributed by atoms with Gasteiger partial charge in [0.15, 0.2) is 0 Å². The van der Waals surface area contributed by atoms with E-state index in [1.54, 1.807) is 4.90 Å². The van der Waals surface area contributed by atoms with Crippen LogP contribution in [0.5, 0.6) is 0 Å². The van der Waals surface area contributed by atoms with E-state index in [0.717, 1.165) is 0 Å². The minimum atomic E-state index is -0.890. The number of carboxylic acid groups (broad SMARTS) is 1. The molecule has 0 aliphatic carbocycles. The Kier molecular flexibility index (Phi) is 6.16. The first-order valence-corrected chi connectivity index (χ1v) is 5.92. The lowest BCUT2D eigenvalue weighted by atomic mass is 10.0. The lowest BCUT2D eigenvalue weighted by molar-refractivity contribution is -0.140. The Morgan fingerprint density at radius 3 is 2.18 bits per heavy atom. The molecule has 0 saturated carbocycles. The molecule has 1 amide bonds. The summed E-state index contributed by atoms with van der Waals surface area (Å²) >= 11 is 0. The maximum atomic E-state index is 12.0. The molecule has 1 atom stereocenters. The van der Waals surface area contributed by atoms with Gasteiger partial charge >= 0.3 is 5.97 Å². The minimum absolute atomic E-state index is 0.0137. The van der Waals surface area contributed by atoms with E-state index in [1.165, 1.54) is 0 Å². The van der Waals surface area contributed by atoms with Gasteiger partial charge in [-0.05, 0) is 34.1 Å². The fourth-order valence-corrected chi connectivity index (χ4v) is 1.53. The maximum absolute atomic E-state index is 12.0. The van der Waals surface area contributed by atoms with Gasteiger partial charge in [0.2, 0.25) is 5.91 Å². The monoisotopic (exact) mass is 244 g/mol. The summed E-state index contributed by atoms with van der Waals surface area (Å²) in [5, 5.41) is 8.67. The van der Waals surface area contributed by atoms with Crippen LogP contribution in [0.3, 0.4) is 0 Å². The number of carboxylic acids is 1. The number of rotatable bonds is 6. The summed E-state index contributed by atoms with van der Waals surface area (Å²) in [6.07, 6.45) is 0.966. The zero-order valence-electron chi connectivity index (χ0n) is 11.2. The highest BCUT2D eigenvalue weighted by atomic mass is 16.4. The molecule has 0 fully saturated rings. The van der Waals surface area contributed by atoms with Gasteiger partial charge in [0.25, 0.3) is 0 Å². The Morgan fingerprint density at radius 1 is 1.29 bits per heavy atom. The smallest absolute Gasteiger partial charge is 0.305 e. The van der Waals surface area contributed by atoms with Crippen LogP contribution in [-0.2, 0) is 9.59 Å². The van der Waals surface area contributed by atoms with Crippen molar-refractivity contribution < 1.29 is 14.7 Å². The Balaban J connectivity index is 4.47. The van der Waals surface area contributed by atoms with Gasteiger partial charge in [0.05, 0.1) is 6.42 Å². The number of aliphatic carboxylic acids is 1. The third-order valence-corrected chi connectivity index (χ3v) is 2.47. The first kappa shape index (κ1) is 15.9. The topological polar surface area (TPSA) is 83.6 Å². The van der Waals surface area contributed by atoms with Gasteiger partial charge in [0.1, 0.15) is 0 Å². The van der Waals surface area contributed by atoms with E-state index in [-0.39, 0.29) is 30.5 Å². The first-order valence-electron chi connectivity index (χ1n) is 5.92. The highest BCUT2D eigenvalue weighted by molar-refractivity contribution is 5.77. The molecule has 5 nitrogen and oxygen atoms in total. The van der Waals surface area contributed by atoms with E-state index >= 15 is 0 Å². The van der Waals surface area contributed by atoms with Crippen molar-refractivity contribution in [1.82, 2.24) is 4.90 Å². The normalized spacial score (nSPS) is 13.2. The lowest BCUT2D eigenvalue weighted by Crippen LogP contribution is -2.46. The van der Waals surface area contributed by atoms with Gasteiger partial charge in [-0.15, -0.1) is 0 Å². The van der Waals surface area contributed by atoms with Crippen molar-refractivity contribution in [1.29, 1.82) is 0 Å². The Morgan fingerprint density at radius 2 is 1.82 bits per heavy atom. The highest BCUT2D eigenvalue weighted by Crippen LogP contribution is 2.16. The summed E-state index contributed by atoms with van der Waals surface area (Å²) in [4.78, 5) is 24.2. The van der Waals surface area contributed by atoms with Crippen LogP contribution >= 0.6 is 0 Å². The molecule has 0 aromatic heterocycles. The van der Waals surface area contributed by atoms with Crippen molar-refractivity contribution in [2.75, 3.05) is 6.54 Å². The van der Waals surface area contributed by atoms with Crippen LogP contribution in [0, 0.1) is 0 Å². The van der Waals surface area contributed by atoms with Gasteiger partial charge in [0, 0.05) is 24.5 Å². The highest BCUT2D eigenvalue weighted by Gasteiger charge is 2.26. The average Bonchev–Trinajstić information content (AvgIpc) is 2.12. The fraction of sp³-hybridized carbons (Fsp3) is 0.833. The van der Waals surface area contributed by atoms with Gasteiger partial charge in [-0.1, -0.05) is 0 Å². The van der Waals surface area contributed by atoms with Crippen LogP contribution in [0.25, 0.3) is 0 Å². The maximum Gasteiger partial charge on any atom is 0.305 e. The van der Waals surface area contributed by atoms with E-state index in [2.05, 4.69) is 0 Å². The second-order valence-corrected chi connectivity index (χ2v) is 5.38. The summed E-state index contributed by atoms with van der Waals surface area (Å²) in [6, 6.07) is -0.0137. The van der Waals surface area contributed by atoms with Crippen LogP contribution in [0.4, 0.5) is 0 Å². The van der Waals surface area contributed by atoms with E-state index in [0.29, 0.717) is 12.8 Å². The predicted octanol–water partition coefficient (Wildman–Crippen LogP) is 1.22. The van der Waals surface area contributed by atoms with Gasteiger partial charge in [-0.25, -0.2) is 0 Å². The standard InChI is InChI=1S/C12H24N2O3/c1-9(13)5-6-10(15)14(12(2,3)4)8-7-11(16)17/h9H,5-8,13H2,1-4H3,(H,16,17). The number of nitrogens with two attached hydrogens (primary N) is 1. The van der Waals surface area contributed by atoms with Gasteiger partial charge in [-0.2, -0.15) is 0 Å². The van der Waals surface area contributed by atoms with Crippen molar-refractivity contribution in [2.24, 2.45) is 5.73 Å². The Labute approximate surface area is 103 Å². The van der Waals surface area contributed by atoms with Crippen LogP contribution in [0.1, 0.15) is 47.0 Å². The number of carbonyl (C=O) groups excluding carboxylic acids is 1. The molecule has 0 spiro atoms. The van der Waals surface area contributed by atoms with Crippen LogP contribution in [0.2, 0.25) is 0 Å². The SMILES string of the molecule is CC(N)CCC(=O)N(CCC(=O)O)C(C)(C)C. The largest absolute Gasteiger partial charge is 0.481 e. The molecule has 0 bridgehead atoms. The molecule has 1 unspecified atom stereocenters. The zero-order valence-corrected chi connectivity index (χ0v) is 11.2. The third-order valence-electron chi connectivity index (χ3n) is 2.47. The second kappa shape index (κ2) is 6.59. The molecule has 5 heteroatoms. The summed E-state index contributed by atoms with van der Waals surface area (Å²) in [6.45, 7) is 7.80. The Hall–Kier alpha value is -1.10. The van der Waals surface area contributed by atoms with Gasteiger partial charge in [-0.3, -0.25) is 9.59 Å². The summed E-state index contributed by atoms with van der Waals surface area (Å²) < 4.78 is 0. The van der Waals surface area contributed by atoms with Crippen LogP contribution in [-0.4, -0.2) is 40.0 Å². The summed E-state index contributed by atoms with van der Waals surface area (Å²) in [7, 11) is 0. The molecule has 100 valence electrons. The number of hydrogen-bond acceptors (Lipinski definition) is 3. The molecule has 0 saturated heterocycles. The number of nitrogens with zero attached hydrogens (tertiary/aromatic N) is 1. The summed E-state index contributed by atoms with van der Waals surface area (Å²) in [5.74, 6) is -0.921. The number of carbonyl (C=O) groups is 2. The Bertz CT molecular complexity index is 269. The van der Waals surface area contributed by atoms with Crippen molar-refractivity contribution >= 4 is 11.9 Å². The molecular formula is C12H24N2O3. The average molecular weight is 244 g/mol. The van der Waals surface area contributed by atoms with E-state index in [4.69, 9.17) is 10.8 Å². The summed E-state index contributed by atoms with van der Waals surface area (Å²) in [5.41, 5.74) is 5.25. The lowest BCUT2D eigenvalue weighted by Gasteiger charge is -2.35. The molecule has 0 aliphatic rings. The molecule has 3 N–H and O–H groups in total.